The van der Waals surface area contributed by atoms with Crippen molar-refractivity contribution < 1.29 is 14.6 Å². The molecule has 25 heavy (non-hydrogen) atoms. The van der Waals surface area contributed by atoms with E-state index in [1.165, 1.54) is 25.7 Å². The molecule has 0 amide bonds. The van der Waals surface area contributed by atoms with Crippen LogP contribution in [0.2, 0.25) is 0 Å². The topological polar surface area (TPSA) is 45.2 Å². The van der Waals surface area contributed by atoms with E-state index in [4.69, 9.17) is 9.47 Å². The molecule has 1 aliphatic heterocycles. The lowest BCUT2D eigenvalue weighted by molar-refractivity contribution is -0.00174. The minimum absolute atomic E-state index is 0.375. The van der Waals surface area contributed by atoms with Crippen molar-refractivity contribution in [3.05, 3.63) is 29.8 Å². The van der Waals surface area contributed by atoms with Gasteiger partial charge in [-0.3, -0.25) is 9.80 Å². The first kappa shape index (κ1) is 18.6. The Morgan fingerprint density at radius 1 is 1.16 bits per heavy atom. The Balaban J connectivity index is 1.32. The summed E-state index contributed by atoms with van der Waals surface area (Å²) in [5.74, 6) is 0.835. The lowest BCUT2D eigenvalue weighted by Crippen LogP contribution is -2.51. The number of benzene rings is 1. The molecule has 1 saturated heterocycles. The van der Waals surface area contributed by atoms with Crippen LogP contribution in [0.3, 0.4) is 0 Å². The smallest absolute Gasteiger partial charge is 0.119 e. The summed E-state index contributed by atoms with van der Waals surface area (Å²) < 4.78 is 10.9. The lowest BCUT2D eigenvalue weighted by Gasteiger charge is -2.38. The van der Waals surface area contributed by atoms with Crippen LogP contribution in [0.15, 0.2) is 24.3 Å². The summed E-state index contributed by atoms with van der Waals surface area (Å²) in [5.41, 5.74) is 1.07. The summed E-state index contributed by atoms with van der Waals surface area (Å²) in [4.78, 5) is 5.01. The Kier molecular flexibility index (Phi) is 7.11. The van der Waals surface area contributed by atoms with E-state index in [-0.39, 0.29) is 0 Å². The molecule has 0 spiro atoms. The molecule has 0 aromatic heterocycles. The summed E-state index contributed by atoms with van der Waals surface area (Å²) in [6.45, 7) is 5.98. The molecule has 5 heteroatoms. The zero-order chi connectivity index (χ0) is 17.5. The van der Waals surface area contributed by atoms with E-state index < -0.39 is 6.10 Å². The fourth-order valence-electron chi connectivity index (χ4n) is 4.01. The van der Waals surface area contributed by atoms with Crippen LogP contribution in [0.25, 0.3) is 0 Å². The second-order valence-corrected chi connectivity index (χ2v) is 7.30. The third-order valence-electron chi connectivity index (χ3n) is 5.43. The van der Waals surface area contributed by atoms with Gasteiger partial charge in [0.05, 0.1) is 26.4 Å². The van der Waals surface area contributed by atoms with Crippen molar-refractivity contribution in [2.45, 2.75) is 44.4 Å². The molecule has 1 saturated carbocycles. The summed E-state index contributed by atoms with van der Waals surface area (Å²) in [5, 5.41) is 10.3. The van der Waals surface area contributed by atoms with Gasteiger partial charge in [0, 0.05) is 38.8 Å². The van der Waals surface area contributed by atoms with Gasteiger partial charge in [0.15, 0.2) is 0 Å². The molecule has 0 radical (unpaired) electrons. The normalized spacial score (nSPS) is 21.5. The van der Waals surface area contributed by atoms with Gasteiger partial charge < -0.3 is 14.6 Å². The van der Waals surface area contributed by atoms with Gasteiger partial charge in [0.25, 0.3) is 0 Å². The molecular weight excluding hydrogens is 316 g/mol. The number of rotatable bonds is 8. The minimum atomic E-state index is -0.427. The van der Waals surface area contributed by atoms with Gasteiger partial charge in [-0.15, -0.1) is 0 Å². The van der Waals surface area contributed by atoms with Crippen LogP contribution in [0.1, 0.15) is 31.2 Å². The first-order valence-electron chi connectivity index (χ1n) is 9.60. The second-order valence-electron chi connectivity index (χ2n) is 7.30. The molecule has 3 rings (SSSR count). The van der Waals surface area contributed by atoms with Gasteiger partial charge in [0.2, 0.25) is 0 Å². The molecule has 2 aliphatic rings. The van der Waals surface area contributed by atoms with Crippen LogP contribution in [-0.4, -0.2) is 73.5 Å². The van der Waals surface area contributed by atoms with E-state index in [1.807, 2.05) is 24.3 Å². The van der Waals surface area contributed by atoms with Crippen LogP contribution < -0.4 is 4.74 Å². The number of aliphatic hydroxyl groups is 1. The average Bonchev–Trinajstić information content (AvgIpc) is 3.17. The first-order valence-corrected chi connectivity index (χ1v) is 9.60. The third-order valence-corrected chi connectivity index (χ3v) is 5.43. The number of piperazine rings is 1. The fraction of sp³-hybridized carbons (Fsp3) is 0.700. The zero-order valence-electron chi connectivity index (χ0n) is 15.4. The SMILES string of the molecule is COc1cccc(COCC(O)CN2CCN(C3CCCC3)CC2)c1. The van der Waals surface area contributed by atoms with Gasteiger partial charge in [-0.2, -0.15) is 0 Å². The Labute approximate surface area is 151 Å². The molecule has 140 valence electrons. The van der Waals surface area contributed by atoms with Crippen molar-refractivity contribution in [1.29, 1.82) is 0 Å². The molecule has 1 unspecified atom stereocenters. The zero-order valence-corrected chi connectivity index (χ0v) is 15.4. The molecule has 1 aromatic rings. The predicted octanol–water partition coefficient (Wildman–Crippen LogP) is 2.13. The number of hydrogen-bond donors (Lipinski definition) is 1. The summed E-state index contributed by atoms with van der Waals surface area (Å²) >= 11 is 0. The van der Waals surface area contributed by atoms with E-state index >= 15 is 0 Å². The number of hydrogen-bond acceptors (Lipinski definition) is 5. The highest BCUT2D eigenvalue weighted by Crippen LogP contribution is 2.24. The second kappa shape index (κ2) is 9.53. The van der Waals surface area contributed by atoms with Crippen molar-refractivity contribution in [1.82, 2.24) is 9.80 Å². The highest BCUT2D eigenvalue weighted by atomic mass is 16.5. The number of methoxy groups -OCH3 is 1. The molecule has 1 atom stereocenters. The largest absolute Gasteiger partial charge is 0.497 e. The molecule has 1 N–H and O–H groups in total. The summed E-state index contributed by atoms with van der Waals surface area (Å²) in [6.07, 6.45) is 5.12. The van der Waals surface area contributed by atoms with E-state index in [1.54, 1.807) is 7.11 Å². The monoisotopic (exact) mass is 348 g/mol. The quantitative estimate of drug-likeness (QED) is 0.780. The predicted molar refractivity (Wildman–Crippen MR) is 98.9 cm³/mol. The first-order chi connectivity index (χ1) is 12.2. The van der Waals surface area contributed by atoms with E-state index in [0.29, 0.717) is 19.8 Å². The number of β-amino-alcohol motifs (C(OH)–C–C–N with tert-alkyl or cyclic N) is 1. The van der Waals surface area contributed by atoms with Crippen molar-refractivity contribution in [2.75, 3.05) is 46.4 Å². The van der Waals surface area contributed by atoms with E-state index in [2.05, 4.69) is 9.80 Å². The standard InChI is InChI=1S/C20H32N2O3/c1-24-20-8-4-5-17(13-20)15-25-16-19(23)14-21-9-11-22(12-10-21)18-6-2-3-7-18/h4-5,8,13,18-19,23H,2-3,6-7,9-12,14-16H2,1H3. The van der Waals surface area contributed by atoms with Gasteiger partial charge in [-0.25, -0.2) is 0 Å². The Bertz CT molecular complexity index is 511. The van der Waals surface area contributed by atoms with E-state index in [0.717, 1.165) is 43.5 Å². The number of aliphatic hydroxyl groups excluding tert-OH is 1. The summed E-state index contributed by atoms with van der Waals surface area (Å²) in [6, 6.07) is 8.67. The van der Waals surface area contributed by atoms with Crippen molar-refractivity contribution in [3.63, 3.8) is 0 Å². The summed E-state index contributed by atoms with van der Waals surface area (Å²) in [7, 11) is 1.66. The van der Waals surface area contributed by atoms with Gasteiger partial charge in [-0.05, 0) is 30.5 Å². The molecule has 5 nitrogen and oxygen atoms in total. The van der Waals surface area contributed by atoms with Crippen LogP contribution in [0.5, 0.6) is 5.75 Å². The van der Waals surface area contributed by atoms with Crippen LogP contribution in [-0.2, 0) is 11.3 Å². The molecular formula is C20H32N2O3. The molecule has 1 aliphatic carbocycles. The molecule has 1 heterocycles. The maximum absolute atomic E-state index is 10.3. The van der Waals surface area contributed by atoms with E-state index in [9.17, 15) is 5.11 Å². The minimum Gasteiger partial charge on any atom is -0.497 e. The molecule has 2 fully saturated rings. The number of nitrogens with zero attached hydrogens (tertiary/aromatic N) is 2. The lowest BCUT2D eigenvalue weighted by atomic mass is 10.1. The van der Waals surface area contributed by atoms with Gasteiger partial charge in [0.1, 0.15) is 5.75 Å². The van der Waals surface area contributed by atoms with Gasteiger partial charge in [-0.1, -0.05) is 25.0 Å². The van der Waals surface area contributed by atoms with Crippen LogP contribution in [0, 0.1) is 0 Å². The number of ether oxygens (including phenoxy) is 2. The van der Waals surface area contributed by atoms with Crippen LogP contribution in [0.4, 0.5) is 0 Å². The molecule has 1 aromatic carbocycles. The van der Waals surface area contributed by atoms with Crippen molar-refractivity contribution in [3.8, 4) is 5.75 Å². The third kappa shape index (κ3) is 5.68. The average molecular weight is 348 g/mol. The Hall–Kier alpha value is -1.14. The van der Waals surface area contributed by atoms with Crippen LogP contribution >= 0.6 is 0 Å². The van der Waals surface area contributed by atoms with Crippen molar-refractivity contribution in [2.24, 2.45) is 0 Å². The fourth-order valence-corrected chi connectivity index (χ4v) is 4.01. The Morgan fingerprint density at radius 2 is 1.92 bits per heavy atom. The highest BCUT2D eigenvalue weighted by molar-refractivity contribution is 5.27. The molecule has 0 bridgehead atoms. The van der Waals surface area contributed by atoms with Crippen molar-refractivity contribution >= 4 is 0 Å². The Morgan fingerprint density at radius 3 is 2.64 bits per heavy atom. The highest BCUT2D eigenvalue weighted by Gasteiger charge is 2.26. The maximum atomic E-state index is 10.3. The van der Waals surface area contributed by atoms with Gasteiger partial charge >= 0.3 is 0 Å². The maximum Gasteiger partial charge on any atom is 0.119 e.